The third-order valence-corrected chi connectivity index (χ3v) is 3.88. The van der Waals surface area contributed by atoms with E-state index in [1.54, 1.807) is 0 Å². The van der Waals surface area contributed by atoms with Crippen LogP contribution in [0.3, 0.4) is 0 Å². The van der Waals surface area contributed by atoms with Gasteiger partial charge in [0.15, 0.2) is 11.9 Å². The highest BCUT2D eigenvalue weighted by Gasteiger charge is 2.12. The van der Waals surface area contributed by atoms with Gasteiger partial charge in [0.05, 0.1) is 0 Å². The van der Waals surface area contributed by atoms with E-state index in [1.807, 2.05) is 13.8 Å². The molecule has 1 heterocycles. The molecule has 1 aromatic heterocycles. The van der Waals surface area contributed by atoms with Crippen LogP contribution in [0.25, 0.3) is 0 Å². The van der Waals surface area contributed by atoms with Crippen LogP contribution in [0.5, 0.6) is 5.75 Å². The molecule has 0 aliphatic carbocycles. The van der Waals surface area contributed by atoms with Crippen LogP contribution in [0.15, 0.2) is 41.6 Å². The molecular formula is C14H15NO2S. The normalized spacial score (nSPS) is 10.6. The first-order valence-electron chi connectivity index (χ1n) is 5.68. The van der Waals surface area contributed by atoms with Gasteiger partial charge < -0.3 is 10.3 Å². The van der Waals surface area contributed by atoms with Crippen LogP contribution in [0, 0.1) is 19.1 Å². The fraction of sp³-hybridized carbons (Fsp3) is 0.214. The Bertz CT molecular complexity index is 549. The zero-order valence-corrected chi connectivity index (χ0v) is 11.2. The van der Waals surface area contributed by atoms with E-state index < -0.39 is 0 Å². The van der Waals surface area contributed by atoms with E-state index in [2.05, 4.69) is 18.2 Å². The van der Waals surface area contributed by atoms with Crippen molar-refractivity contribution in [2.45, 2.75) is 24.6 Å². The SMILES string of the molecule is Cc1ccc(C)c(CSc2c(O)ccc[n+]2[O-])c1. The number of pyridine rings is 1. The van der Waals surface area contributed by atoms with E-state index in [-0.39, 0.29) is 5.75 Å². The second-order valence-electron chi connectivity index (χ2n) is 4.24. The minimum atomic E-state index is 0.0304. The number of hydrogen-bond donors (Lipinski definition) is 1. The van der Waals surface area contributed by atoms with Gasteiger partial charge in [-0.15, -0.1) is 0 Å². The highest BCUT2D eigenvalue weighted by Crippen LogP contribution is 2.28. The Hall–Kier alpha value is -1.68. The van der Waals surface area contributed by atoms with Crippen LogP contribution in [0.1, 0.15) is 16.7 Å². The van der Waals surface area contributed by atoms with E-state index in [0.29, 0.717) is 15.5 Å². The molecule has 4 heteroatoms. The number of aromatic nitrogens is 1. The predicted molar refractivity (Wildman–Crippen MR) is 72.5 cm³/mol. The van der Waals surface area contributed by atoms with Crippen molar-refractivity contribution in [2.24, 2.45) is 0 Å². The monoisotopic (exact) mass is 261 g/mol. The van der Waals surface area contributed by atoms with Crippen molar-refractivity contribution in [1.29, 1.82) is 0 Å². The summed E-state index contributed by atoms with van der Waals surface area (Å²) in [6.07, 6.45) is 1.39. The summed E-state index contributed by atoms with van der Waals surface area (Å²) in [4.78, 5) is 0. The molecule has 1 N–H and O–H groups in total. The lowest BCUT2D eigenvalue weighted by molar-refractivity contribution is -0.646. The number of thioether (sulfide) groups is 1. The molecule has 2 aromatic rings. The summed E-state index contributed by atoms with van der Waals surface area (Å²) in [5.74, 6) is 0.704. The molecule has 0 saturated heterocycles. The van der Waals surface area contributed by atoms with Crippen molar-refractivity contribution < 1.29 is 9.84 Å². The fourth-order valence-electron chi connectivity index (χ4n) is 1.70. The third-order valence-electron chi connectivity index (χ3n) is 2.76. The first-order valence-corrected chi connectivity index (χ1v) is 6.66. The Labute approximate surface area is 111 Å². The van der Waals surface area contributed by atoms with Gasteiger partial charge in [-0.05, 0) is 42.8 Å². The van der Waals surface area contributed by atoms with Crippen LogP contribution < -0.4 is 4.73 Å². The van der Waals surface area contributed by atoms with E-state index >= 15 is 0 Å². The zero-order chi connectivity index (χ0) is 13.1. The number of nitrogens with zero attached hydrogens (tertiary/aromatic N) is 1. The molecule has 0 saturated carbocycles. The molecule has 0 amide bonds. The first kappa shape index (κ1) is 12.8. The molecule has 0 aliphatic rings. The van der Waals surface area contributed by atoms with Gasteiger partial charge in [0, 0.05) is 11.8 Å². The zero-order valence-electron chi connectivity index (χ0n) is 10.4. The maximum Gasteiger partial charge on any atom is 0.293 e. The quantitative estimate of drug-likeness (QED) is 0.525. The molecule has 0 bridgehead atoms. The van der Waals surface area contributed by atoms with Gasteiger partial charge >= 0.3 is 0 Å². The molecule has 0 aliphatic heterocycles. The van der Waals surface area contributed by atoms with Gasteiger partial charge in [0.1, 0.15) is 0 Å². The standard InChI is InChI=1S/C14H15NO2S/c1-10-5-6-11(2)12(8-10)9-18-14-13(16)4-3-7-15(14)17/h3-8,16H,9H2,1-2H3. The van der Waals surface area contributed by atoms with E-state index in [0.717, 1.165) is 0 Å². The summed E-state index contributed by atoms with van der Waals surface area (Å²) in [5, 5.41) is 21.5. The lowest BCUT2D eigenvalue weighted by atomic mass is 10.1. The molecular weight excluding hydrogens is 246 g/mol. The maximum atomic E-state index is 11.5. The highest BCUT2D eigenvalue weighted by molar-refractivity contribution is 7.98. The molecule has 1 aromatic carbocycles. The van der Waals surface area contributed by atoms with Crippen LogP contribution in [-0.4, -0.2) is 5.11 Å². The van der Waals surface area contributed by atoms with Crippen LogP contribution in [0.4, 0.5) is 0 Å². The third kappa shape index (κ3) is 2.76. The summed E-state index contributed by atoms with van der Waals surface area (Å²) in [7, 11) is 0. The summed E-state index contributed by atoms with van der Waals surface area (Å²) in [6, 6.07) is 9.31. The predicted octanol–water partition coefficient (Wildman–Crippen LogP) is 2.93. The summed E-state index contributed by atoms with van der Waals surface area (Å²) < 4.78 is 0.700. The molecule has 0 unspecified atom stereocenters. The lowest BCUT2D eigenvalue weighted by Gasteiger charge is -2.08. The largest absolute Gasteiger partial charge is 0.618 e. The topological polar surface area (TPSA) is 47.2 Å². The smallest absolute Gasteiger partial charge is 0.293 e. The molecule has 0 atom stereocenters. The Morgan fingerprint density at radius 2 is 2.06 bits per heavy atom. The van der Waals surface area contributed by atoms with Gasteiger partial charge in [-0.2, -0.15) is 4.73 Å². The summed E-state index contributed by atoms with van der Waals surface area (Å²) in [5.41, 5.74) is 3.58. The van der Waals surface area contributed by atoms with Crippen molar-refractivity contribution in [3.63, 3.8) is 0 Å². The van der Waals surface area contributed by atoms with Gasteiger partial charge in [0.2, 0.25) is 0 Å². The number of aryl methyl sites for hydroxylation is 2. The Morgan fingerprint density at radius 3 is 2.78 bits per heavy atom. The second-order valence-corrected chi connectivity index (χ2v) is 5.21. The van der Waals surface area contributed by atoms with Crippen molar-refractivity contribution in [3.05, 3.63) is 58.4 Å². The number of aromatic hydroxyl groups is 1. The molecule has 0 radical (unpaired) electrons. The van der Waals surface area contributed by atoms with Crippen LogP contribution >= 0.6 is 11.8 Å². The average molecular weight is 261 g/mol. The van der Waals surface area contributed by atoms with Crippen molar-refractivity contribution in [1.82, 2.24) is 0 Å². The maximum absolute atomic E-state index is 11.5. The fourth-order valence-corrected chi connectivity index (χ4v) is 2.71. The highest BCUT2D eigenvalue weighted by atomic mass is 32.2. The lowest BCUT2D eigenvalue weighted by Crippen LogP contribution is -2.27. The number of rotatable bonds is 3. The van der Waals surface area contributed by atoms with Crippen molar-refractivity contribution in [2.75, 3.05) is 0 Å². The minimum Gasteiger partial charge on any atom is -0.618 e. The average Bonchev–Trinajstić information content (AvgIpc) is 2.33. The molecule has 0 spiro atoms. The van der Waals surface area contributed by atoms with Crippen molar-refractivity contribution in [3.8, 4) is 5.75 Å². The molecule has 18 heavy (non-hydrogen) atoms. The van der Waals surface area contributed by atoms with Crippen LogP contribution in [0.2, 0.25) is 0 Å². The van der Waals surface area contributed by atoms with Gasteiger partial charge in [0.25, 0.3) is 5.03 Å². The molecule has 94 valence electrons. The van der Waals surface area contributed by atoms with Gasteiger partial charge in [-0.3, -0.25) is 0 Å². The van der Waals surface area contributed by atoms with Crippen LogP contribution in [-0.2, 0) is 5.75 Å². The first-order chi connectivity index (χ1) is 8.58. The Kier molecular flexibility index (Phi) is 3.77. The molecule has 0 fully saturated rings. The Balaban J connectivity index is 2.19. The van der Waals surface area contributed by atoms with Crippen molar-refractivity contribution >= 4 is 11.8 Å². The second kappa shape index (κ2) is 5.31. The van der Waals surface area contributed by atoms with E-state index in [1.165, 1.54) is 46.8 Å². The van der Waals surface area contributed by atoms with E-state index in [9.17, 15) is 10.3 Å². The van der Waals surface area contributed by atoms with Gasteiger partial charge in [-0.1, -0.05) is 23.8 Å². The summed E-state index contributed by atoms with van der Waals surface area (Å²) in [6.45, 7) is 4.09. The van der Waals surface area contributed by atoms with E-state index in [4.69, 9.17) is 0 Å². The minimum absolute atomic E-state index is 0.0304. The number of hydrogen-bond acceptors (Lipinski definition) is 3. The number of benzene rings is 1. The Morgan fingerprint density at radius 1 is 1.28 bits per heavy atom. The molecule has 2 rings (SSSR count). The summed E-state index contributed by atoms with van der Waals surface area (Å²) >= 11 is 1.35. The molecule has 3 nitrogen and oxygen atoms in total. The van der Waals surface area contributed by atoms with Gasteiger partial charge in [-0.25, -0.2) is 0 Å².